The quantitative estimate of drug-likeness (QED) is 0.234. The Bertz CT molecular complexity index is 1810. The van der Waals surface area contributed by atoms with Crippen LogP contribution in [-0.4, -0.2) is 44.7 Å². The smallest absolute Gasteiger partial charge is 0.192 e. The fourth-order valence-electron chi connectivity index (χ4n) is 9.06. The zero-order valence-corrected chi connectivity index (χ0v) is 28.5. The van der Waals surface area contributed by atoms with Crippen molar-refractivity contribution in [2.45, 2.75) is 86.7 Å². The molecule has 0 saturated heterocycles. The van der Waals surface area contributed by atoms with Crippen LogP contribution in [0.1, 0.15) is 101 Å². The number of fused-ring (bicyclic) bond motifs is 3. The maximum atomic E-state index is 14.5. The first-order chi connectivity index (χ1) is 21.9. The van der Waals surface area contributed by atoms with Crippen LogP contribution in [0.3, 0.4) is 0 Å². The van der Waals surface area contributed by atoms with Gasteiger partial charge in [0.25, 0.3) is 0 Å². The van der Waals surface area contributed by atoms with Crippen molar-refractivity contribution in [3.05, 3.63) is 75.4 Å². The number of aliphatic hydroxyl groups is 1. The molecule has 47 heavy (non-hydrogen) atoms. The molecule has 2 aromatic rings. The predicted octanol–water partition coefficient (Wildman–Crippen LogP) is 5.78. The van der Waals surface area contributed by atoms with Crippen molar-refractivity contribution in [1.29, 1.82) is 0 Å². The van der Waals surface area contributed by atoms with Crippen LogP contribution < -0.4 is 0 Å². The van der Waals surface area contributed by atoms with E-state index in [9.17, 15) is 34.2 Å². The third-order valence-corrected chi connectivity index (χ3v) is 10.6. The van der Waals surface area contributed by atoms with E-state index in [1.165, 1.54) is 13.0 Å². The van der Waals surface area contributed by atoms with Gasteiger partial charge in [-0.15, -0.1) is 0 Å². The first-order valence-electron chi connectivity index (χ1n) is 16.4. The molecule has 2 aromatic carbocycles. The molecule has 1 fully saturated rings. The molecule has 7 nitrogen and oxygen atoms in total. The van der Waals surface area contributed by atoms with Crippen LogP contribution in [0.2, 0.25) is 0 Å². The highest BCUT2D eigenvalue weighted by Crippen LogP contribution is 2.64. The lowest BCUT2D eigenvalue weighted by Gasteiger charge is -2.60. The van der Waals surface area contributed by atoms with Gasteiger partial charge in [0, 0.05) is 29.4 Å². The number of carbonyl (C=O) groups is 5. The van der Waals surface area contributed by atoms with Crippen molar-refractivity contribution >= 4 is 28.9 Å². The lowest BCUT2D eigenvalue weighted by molar-refractivity contribution is -0.183. The molecule has 0 heterocycles. The molecular weight excluding hydrogens is 592 g/mol. The number of hydrogen-bond acceptors (Lipinski definition) is 7. The van der Waals surface area contributed by atoms with Gasteiger partial charge in [-0.3, -0.25) is 24.0 Å². The second-order valence-corrected chi connectivity index (χ2v) is 15.1. The van der Waals surface area contributed by atoms with Crippen molar-refractivity contribution in [3.8, 4) is 17.6 Å². The molecule has 0 spiro atoms. The Kier molecular flexibility index (Phi) is 8.60. The second-order valence-electron chi connectivity index (χ2n) is 15.1. The Morgan fingerprint density at radius 1 is 0.957 bits per heavy atom. The third-order valence-electron chi connectivity index (χ3n) is 10.6. The first kappa shape index (κ1) is 34.2. The average molecular weight is 637 g/mol. The number of hydrogen-bond donors (Lipinski definition) is 2. The van der Waals surface area contributed by atoms with E-state index in [0.29, 0.717) is 46.6 Å². The van der Waals surface area contributed by atoms with Gasteiger partial charge in [0.05, 0.1) is 11.5 Å². The van der Waals surface area contributed by atoms with Crippen LogP contribution in [-0.2, 0) is 32.0 Å². The number of ketones is 5. The van der Waals surface area contributed by atoms with Gasteiger partial charge in [-0.1, -0.05) is 76.7 Å². The highest BCUT2D eigenvalue weighted by atomic mass is 16.3. The maximum absolute atomic E-state index is 14.5. The van der Waals surface area contributed by atoms with E-state index in [1.54, 1.807) is 19.9 Å². The number of benzene rings is 2. The number of carbonyl (C=O) groups excluding carboxylic acids is 5. The van der Waals surface area contributed by atoms with E-state index in [4.69, 9.17) is 0 Å². The summed E-state index contributed by atoms with van der Waals surface area (Å²) in [7, 11) is 0. The highest BCUT2D eigenvalue weighted by molar-refractivity contribution is 6.27. The molecule has 0 radical (unpaired) electrons. The first-order valence-corrected chi connectivity index (χ1v) is 16.4. The van der Waals surface area contributed by atoms with Crippen LogP contribution in [0.25, 0.3) is 0 Å². The maximum Gasteiger partial charge on any atom is 0.192 e. The summed E-state index contributed by atoms with van der Waals surface area (Å²) in [5.41, 5.74) is -1.04. The number of phenols is 1. The number of aromatic hydroxyl groups is 1. The summed E-state index contributed by atoms with van der Waals surface area (Å²) in [4.78, 5) is 67.7. The summed E-state index contributed by atoms with van der Waals surface area (Å²) in [6, 6.07) is 10.5. The lowest BCUT2D eigenvalue weighted by Crippen LogP contribution is -2.73. The number of Topliss-reactive ketones (excluding diaryl/α,β-unsaturated/α-hetero) is 5. The zero-order valence-electron chi connectivity index (χ0n) is 28.5. The SMILES string of the molecule is CC(=O)C1C(=O)[C@@]2(O)C(=O)C3C(=O)c4c(O)ccc(C#Cc5ccc(CC(=O)CC(C)C)cc5)c4C[C@@]3(C)C[C@@]2(C)C(C(C)C)=C1C. The molecule has 246 valence electrons. The Morgan fingerprint density at radius 3 is 2.17 bits per heavy atom. The molecule has 5 atom stereocenters. The van der Waals surface area contributed by atoms with Crippen molar-refractivity contribution in [2.24, 2.45) is 34.5 Å². The summed E-state index contributed by atoms with van der Waals surface area (Å²) >= 11 is 0. The lowest BCUT2D eigenvalue weighted by atomic mass is 9.41. The monoisotopic (exact) mass is 636 g/mol. The van der Waals surface area contributed by atoms with Crippen LogP contribution in [0.15, 0.2) is 47.5 Å². The summed E-state index contributed by atoms with van der Waals surface area (Å²) in [6.07, 6.45) is 1.24. The Hall–Kier alpha value is -4.15. The number of rotatable bonds is 6. The fourth-order valence-corrected chi connectivity index (χ4v) is 9.06. The fraction of sp³-hybridized carbons (Fsp3) is 0.475. The molecule has 3 aliphatic carbocycles. The van der Waals surface area contributed by atoms with Gasteiger partial charge in [-0.25, -0.2) is 0 Å². The van der Waals surface area contributed by atoms with E-state index in [0.717, 1.165) is 5.56 Å². The minimum Gasteiger partial charge on any atom is -0.507 e. The van der Waals surface area contributed by atoms with Gasteiger partial charge in [-0.2, -0.15) is 0 Å². The van der Waals surface area contributed by atoms with Crippen molar-refractivity contribution in [2.75, 3.05) is 0 Å². The molecule has 7 heteroatoms. The molecule has 5 rings (SSSR count). The van der Waals surface area contributed by atoms with E-state index >= 15 is 0 Å². The van der Waals surface area contributed by atoms with E-state index in [1.807, 2.05) is 58.9 Å². The van der Waals surface area contributed by atoms with Gasteiger partial charge >= 0.3 is 0 Å². The van der Waals surface area contributed by atoms with E-state index in [-0.39, 0.29) is 35.9 Å². The second kappa shape index (κ2) is 11.8. The predicted molar refractivity (Wildman–Crippen MR) is 178 cm³/mol. The minimum absolute atomic E-state index is 0.0268. The standard InChI is InChI=1S/C40H44O7/c1-21(2)17-28(42)18-26-11-9-25(10-12-26)13-14-27-15-16-30(43)32-29(27)19-38(7)20-39(8)33(22(3)4)23(5)31(24(6)41)36(45)40(39,47)37(46)34(38)35(32)44/h9-12,15-16,21-22,31,34,43,47H,17-20H2,1-8H3/t31?,34?,38-,39-,40+/m0/s1. The third kappa shape index (κ3) is 5.31. The molecular formula is C40H44O7. The van der Waals surface area contributed by atoms with Gasteiger partial charge in [0.2, 0.25) is 0 Å². The molecule has 2 N–H and O–H groups in total. The van der Waals surface area contributed by atoms with Gasteiger partial charge in [-0.05, 0) is 79.3 Å². The highest BCUT2D eigenvalue weighted by Gasteiger charge is 2.73. The van der Waals surface area contributed by atoms with Crippen LogP contribution in [0.5, 0.6) is 5.75 Å². The summed E-state index contributed by atoms with van der Waals surface area (Å²) in [5.74, 6) is 0.743. The molecule has 0 aromatic heterocycles. The average Bonchev–Trinajstić information content (AvgIpc) is 2.94. The van der Waals surface area contributed by atoms with Gasteiger partial charge in [0.1, 0.15) is 23.2 Å². The Morgan fingerprint density at radius 2 is 1.60 bits per heavy atom. The molecule has 2 unspecified atom stereocenters. The largest absolute Gasteiger partial charge is 0.507 e. The van der Waals surface area contributed by atoms with Gasteiger partial charge in [0.15, 0.2) is 23.0 Å². The van der Waals surface area contributed by atoms with Crippen molar-refractivity contribution in [3.63, 3.8) is 0 Å². The van der Waals surface area contributed by atoms with Crippen LogP contribution >= 0.6 is 0 Å². The molecule has 0 aliphatic heterocycles. The van der Waals surface area contributed by atoms with Crippen molar-refractivity contribution < 1.29 is 34.2 Å². The Labute approximate surface area is 276 Å². The molecule has 0 amide bonds. The molecule has 1 saturated carbocycles. The molecule has 0 bridgehead atoms. The normalized spacial score (nSPS) is 28.4. The Balaban J connectivity index is 1.57. The van der Waals surface area contributed by atoms with Gasteiger partial charge < -0.3 is 10.2 Å². The van der Waals surface area contributed by atoms with Crippen molar-refractivity contribution in [1.82, 2.24) is 0 Å². The van der Waals surface area contributed by atoms with E-state index < -0.39 is 51.4 Å². The van der Waals surface area contributed by atoms with Crippen LogP contribution in [0.4, 0.5) is 0 Å². The minimum atomic E-state index is -2.57. The number of phenolic OH excluding ortho intramolecular Hbond substituents is 1. The molecule has 3 aliphatic rings. The zero-order chi connectivity index (χ0) is 34.8. The van der Waals surface area contributed by atoms with Crippen LogP contribution in [0, 0.1) is 46.3 Å². The number of allylic oxidation sites excluding steroid dienone is 1. The summed E-state index contributed by atoms with van der Waals surface area (Å²) in [5, 5.41) is 23.2. The summed E-state index contributed by atoms with van der Waals surface area (Å²) in [6.45, 7) is 14.4. The van der Waals surface area contributed by atoms with E-state index in [2.05, 4.69) is 11.8 Å². The topological polar surface area (TPSA) is 126 Å². The summed E-state index contributed by atoms with van der Waals surface area (Å²) < 4.78 is 0.